The van der Waals surface area contributed by atoms with Gasteiger partial charge in [0.05, 0.1) is 12.3 Å². The number of nitrogens with zero attached hydrogens (tertiary/aromatic N) is 2. The van der Waals surface area contributed by atoms with Gasteiger partial charge in [0, 0.05) is 37.6 Å². The summed E-state index contributed by atoms with van der Waals surface area (Å²) >= 11 is 1.71. The van der Waals surface area contributed by atoms with Crippen molar-refractivity contribution >= 4 is 23.2 Å². The lowest BCUT2D eigenvalue weighted by atomic mass is 10.1. The Morgan fingerprint density at radius 1 is 1.22 bits per heavy atom. The number of thiophene rings is 1. The van der Waals surface area contributed by atoms with Crippen molar-refractivity contribution in [1.29, 1.82) is 0 Å². The van der Waals surface area contributed by atoms with Gasteiger partial charge in [-0.25, -0.2) is 0 Å². The molecule has 0 radical (unpaired) electrons. The Bertz CT molecular complexity index is 724. The van der Waals surface area contributed by atoms with E-state index in [1.165, 1.54) is 11.1 Å². The Morgan fingerprint density at radius 3 is 2.63 bits per heavy atom. The van der Waals surface area contributed by atoms with Crippen molar-refractivity contribution in [3.05, 3.63) is 46.5 Å². The molecule has 1 aliphatic heterocycles. The second kappa shape index (κ2) is 9.16. The zero-order chi connectivity index (χ0) is 19.2. The fraction of sp³-hybridized carbons (Fsp3) is 0.474. The molecule has 146 valence electrons. The van der Waals surface area contributed by atoms with Crippen LogP contribution in [0.25, 0.3) is 0 Å². The zero-order valence-electron chi connectivity index (χ0n) is 15.7. The molecule has 8 heteroatoms. The number of amides is 2. The van der Waals surface area contributed by atoms with Gasteiger partial charge in [-0.3, -0.25) is 14.5 Å². The molecule has 0 aliphatic carbocycles. The molecule has 1 fully saturated rings. The van der Waals surface area contributed by atoms with E-state index < -0.39 is 11.9 Å². The second-order valence-electron chi connectivity index (χ2n) is 6.79. The summed E-state index contributed by atoms with van der Waals surface area (Å²) in [7, 11) is 2.13. The lowest BCUT2D eigenvalue weighted by molar-refractivity contribution is -0.122. The molecule has 2 N–H and O–H groups in total. The van der Waals surface area contributed by atoms with E-state index in [4.69, 9.17) is 4.42 Å². The molecule has 2 aromatic rings. The van der Waals surface area contributed by atoms with Gasteiger partial charge in [0.25, 0.3) is 5.91 Å². The van der Waals surface area contributed by atoms with Gasteiger partial charge in [-0.1, -0.05) is 6.07 Å². The largest absolute Gasteiger partial charge is 0.459 e. The van der Waals surface area contributed by atoms with E-state index in [1.54, 1.807) is 30.4 Å². The van der Waals surface area contributed by atoms with Crippen LogP contribution in [-0.4, -0.2) is 67.4 Å². The molecule has 2 amide bonds. The van der Waals surface area contributed by atoms with Crippen LogP contribution in [0.2, 0.25) is 0 Å². The molecule has 1 saturated heterocycles. The highest BCUT2D eigenvalue weighted by atomic mass is 32.1. The van der Waals surface area contributed by atoms with Gasteiger partial charge in [-0.05, 0) is 37.6 Å². The minimum Gasteiger partial charge on any atom is -0.459 e. The van der Waals surface area contributed by atoms with Crippen molar-refractivity contribution in [3.63, 3.8) is 0 Å². The molecule has 0 saturated carbocycles. The Balaban J connectivity index is 1.56. The molecule has 0 bridgehead atoms. The van der Waals surface area contributed by atoms with Crippen LogP contribution >= 0.6 is 11.3 Å². The summed E-state index contributed by atoms with van der Waals surface area (Å²) in [6, 6.07) is 6.87. The van der Waals surface area contributed by atoms with E-state index in [0.29, 0.717) is 6.54 Å². The quantitative estimate of drug-likeness (QED) is 0.750. The maximum atomic E-state index is 12.5. The molecular weight excluding hydrogens is 364 g/mol. The lowest BCUT2D eigenvalue weighted by Crippen LogP contribution is -2.50. The summed E-state index contributed by atoms with van der Waals surface area (Å²) in [5.41, 5.74) is 0. The van der Waals surface area contributed by atoms with Crippen LogP contribution in [0.15, 0.2) is 40.3 Å². The predicted molar refractivity (Wildman–Crippen MR) is 105 cm³/mol. The first kappa shape index (κ1) is 19.6. The van der Waals surface area contributed by atoms with Crippen molar-refractivity contribution in [2.45, 2.75) is 19.0 Å². The van der Waals surface area contributed by atoms with E-state index in [0.717, 1.165) is 26.2 Å². The molecule has 2 atom stereocenters. The average Bonchev–Trinajstić information content (AvgIpc) is 3.37. The number of carbonyl (C=O) groups excluding carboxylic acids is 2. The fourth-order valence-corrected chi connectivity index (χ4v) is 3.98. The van der Waals surface area contributed by atoms with Crippen molar-refractivity contribution < 1.29 is 14.0 Å². The summed E-state index contributed by atoms with van der Waals surface area (Å²) < 4.78 is 5.06. The highest BCUT2D eigenvalue weighted by Crippen LogP contribution is 2.25. The van der Waals surface area contributed by atoms with Gasteiger partial charge in [-0.2, -0.15) is 0 Å². The standard InChI is InChI=1S/C19H26N4O3S/c1-14(21-19(25)16-5-3-11-26-16)18(24)20-13-15(17-6-4-12-27-17)23-9-7-22(2)8-10-23/h3-6,11-12,14-15H,7-10,13H2,1-2H3,(H,20,24)(H,21,25)/t14-,15+/m0/s1. The van der Waals surface area contributed by atoms with Crippen molar-refractivity contribution in [1.82, 2.24) is 20.4 Å². The van der Waals surface area contributed by atoms with Gasteiger partial charge in [0.1, 0.15) is 6.04 Å². The molecular formula is C19H26N4O3S. The number of hydrogen-bond donors (Lipinski definition) is 2. The van der Waals surface area contributed by atoms with E-state index >= 15 is 0 Å². The Labute approximate surface area is 163 Å². The first-order chi connectivity index (χ1) is 13.0. The summed E-state index contributed by atoms with van der Waals surface area (Å²) in [4.78, 5) is 30.5. The molecule has 3 heterocycles. The summed E-state index contributed by atoms with van der Waals surface area (Å²) in [6.45, 7) is 6.17. The fourth-order valence-electron chi connectivity index (χ4n) is 3.12. The molecule has 1 aliphatic rings. The number of rotatable bonds is 7. The van der Waals surface area contributed by atoms with Gasteiger partial charge in [0.2, 0.25) is 5.91 Å². The van der Waals surface area contributed by atoms with E-state index in [9.17, 15) is 9.59 Å². The molecule has 27 heavy (non-hydrogen) atoms. The number of hydrogen-bond acceptors (Lipinski definition) is 6. The lowest BCUT2D eigenvalue weighted by Gasteiger charge is -2.37. The van der Waals surface area contributed by atoms with Gasteiger partial charge in [-0.15, -0.1) is 11.3 Å². The summed E-state index contributed by atoms with van der Waals surface area (Å²) in [5, 5.41) is 7.72. The zero-order valence-corrected chi connectivity index (χ0v) is 16.5. The molecule has 0 spiro atoms. The number of furan rings is 1. The second-order valence-corrected chi connectivity index (χ2v) is 7.77. The molecule has 3 rings (SSSR count). The molecule has 2 aromatic heterocycles. The predicted octanol–water partition coefficient (Wildman–Crippen LogP) is 1.56. The van der Waals surface area contributed by atoms with Gasteiger partial charge < -0.3 is 20.0 Å². The van der Waals surface area contributed by atoms with Crippen molar-refractivity contribution in [2.24, 2.45) is 0 Å². The van der Waals surface area contributed by atoms with Crippen LogP contribution in [0, 0.1) is 0 Å². The van der Waals surface area contributed by atoms with Crippen LogP contribution in [0.3, 0.4) is 0 Å². The Hall–Kier alpha value is -2.16. The highest BCUT2D eigenvalue weighted by molar-refractivity contribution is 7.10. The topological polar surface area (TPSA) is 77.8 Å². The van der Waals surface area contributed by atoms with E-state index in [1.807, 2.05) is 6.07 Å². The van der Waals surface area contributed by atoms with Crippen LogP contribution in [-0.2, 0) is 4.79 Å². The maximum absolute atomic E-state index is 12.5. The van der Waals surface area contributed by atoms with Crippen LogP contribution < -0.4 is 10.6 Å². The first-order valence-electron chi connectivity index (χ1n) is 9.12. The number of likely N-dealkylation sites (N-methyl/N-ethyl adjacent to an activating group) is 1. The third-order valence-corrected chi connectivity index (χ3v) is 5.78. The molecule has 0 aromatic carbocycles. The minimum atomic E-state index is -0.640. The SMILES string of the molecule is C[C@H](NC(=O)c1ccco1)C(=O)NC[C@H](c1cccs1)N1CCN(C)CC1. The minimum absolute atomic E-state index is 0.149. The number of carbonyl (C=O) groups is 2. The van der Waals surface area contributed by atoms with Crippen LogP contribution in [0.4, 0.5) is 0 Å². The van der Waals surface area contributed by atoms with E-state index in [-0.39, 0.29) is 17.7 Å². The number of piperazine rings is 1. The van der Waals surface area contributed by atoms with Crippen LogP contribution in [0.1, 0.15) is 28.4 Å². The average molecular weight is 391 g/mol. The normalized spacial score (nSPS) is 18.0. The maximum Gasteiger partial charge on any atom is 0.287 e. The monoisotopic (exact) mass is 390 g/mol. The third-order valence-electron chi connectivity index (χ3n) is 4.81. The Morgan fingerprint density at radius 2 is 2.00 bits per heavy atom. The highest BCUT2D eigenvalue weighted by Gasteiger charge is 2.26. The first-order valence-corrected chi connectivity index (χ1v) is 10.0. The number of nitrogens with one attached hydrogen (secondary N) is 2. The van der Waals surface area contributed by atoms with Crippen LogP contribution in [0.5, 0.6) is 0 Å². The van der Waals surface area contributed by atoms with Crippen molar-refractivity contribution in [3.8, 4) is 0 Å². The van der Waals surface area contributed by atoms with E-state index in [2.05, 4.69) is 38.9 Å². The molecule has 0 unspecified atom stereocenters. The molecule has 7 nitrogen and oxygen atoms in total. The Kier molecular flexibility index (Phi) is 6.65. The van der Waals surface area contributed by atoms with Crippen molar-refractivity contribution in [2.75, 3.05) is 39.8 Å². The third kappa shape index (κ3) is 5.18. The summed E-state index contributed by atoms with van der Waals surface area (Å²) in [5.74, 6) is -0.398. The van der Waals surface area contributed by atoms with Gasteiger partial charge >= 0.3 is 0 Å². The summed E-state index contributed by atoms with van der Waals surface area (Å²) in [6.07, 6.45) is 1.43. The smallest absolute Gasteiger partial charge is 0.287 e. The van der Waals surface area contributed by atoms with Gasteiger partial charge in [0.15, 0.2) is 5.76 Å².